The molecular formula is C14H14N2O3S2. The summed E-state index contributed by atoms with van der Waals surface area (Å²) >= 11 is 3.26. The zero-order valence-corrected chi connectivity index (χ0v) is 12.8. The molecule has 3 aliphatic rings. The zero-order valence-electron chi connectivity index (χ0n) is 11.2. The van der Waals surface area contributed by atoms with Crippen molar-refractivity contribution in [2.75, 3.05) is 19.0 Å². The van der Waals surface area contributed by atoms with Gasteiger partial charge in [0.05, 0.1) is 12.3 Å². The van der Waals surface area contributed by atoms with Crippen molar-refractivity contribution in [2.45, 2.75) is 18.4 Å². The van der Waals surface area contributed by atoms with E-state index in [0.717, 1.165) is 15.7 Å². The molecule has 0 bridgehead atoms. The van der Waals surface area contributed by atoms with Crippen LogP contribution in [0.2, 0.25) is 0 Å². The second-order valence-electron chi connectivity index (χ2n) is 5.29. The molecule has 2 heterocycles. The van der Waals surface area contributed by atoms with Crippen LogP contribution in [0, 0.1) is 5.92 Å². The summed E-state index contributed by atoms with van der Waals surface area (Å²) in [6.07, 6.45) is 5.59. The van der Waals surface area contributed by atoms with Crippen molar-refractivity contribution in [2.24, 2.45) is 10.9 Å². The number of thiazole rings is 1. The number of ether oxygens (including phenoxy) is 1. The van der Waals surface area contributed by atoms with E-state index in [2.05, 4.69) is 22.1 Å². The predicted octanol–water partition coefficient (Wildman–Crippen LogP) is 1.67. The predicted molar refractivity (Wildman–Crippen MR) is 82.8 cm³/mol. The van der Waals surface area contributed by atoms with Crippen molar-refractivity contribution in [3.63, 3.8) is 0 Å². The standard InChI is InChI=1S/C14H14N2O3S2/c17-3-4-19-14(18)10-6-20-12(16-10)13-15-9-2-1-7-5-8(7)11(9)21-13/h1-2,7-8,10,17H,3-6H2/t7?,8?,10-/m1/s1. The molecule has 0 radical (unpaired) electrons. The highest BCUT2D eigenvalue weighted by atomic mass is 32.2. The van der Waals surface area contributed by atoms with Crippen LogP contribution in [0.3, 0.4) is 0 Å². The second-order valence-corrected chi connectivity index (χ2v) is 7.33. The van der Waals surface area contributed by atoms with E-state index in [1.807, 2.05) is 0 Å². The molecule has 0 spiro atoms. The van der Waals surface area contributed by atoms with Gasteiger partial charge in [0, 0.05) is 16.5 Å². The average molecular weight is 322 g/mol. The molecule has 1 fully saturated rings. The van der Waals surface area contributed by atoms with Gasteiger partial charge in [-0.2, -0.15) is 0 Å². The first-order valence-electron chi connectivity index (χ1n) is 6.93. The molecule has 4 rings (SSSR count). The largest absolute Gasteiger partial charge is 0.462 e. The topological polar surface area (TPSA) is 71.8 Å². The minimum absolute atomic E-state index is 0.0320. The van der Waals surface area contributed by atoms with Crippen LogP contribution in [-0.2, 0) is 9.53 Å². The molecule has 21 heavy (non-hydrogen) atoms. The lowest BCUT2D eigenvalue weighted by atomic mass is 10.1. The number of hydrogen-bond donors (Lipinski definition) is 1. The molecule has 1 aromatic heterocycles. The van der Waals surface area contributed by atoms with Gasteiger partial charge in [-0.3, -0.25) is 4.99 Å². The molecule has 0 amide bonds. The Balaban J connectivity index is 1.52. The van der Waals surface area contributed by atoms with Gasteiger partial charge in [-0.15, -0.1) is 23.1 Å². The molecule has 0 aromatic carbocycles. The molecule has 1 aromatic rings. The van der Waals surface area contributed by atoms with Crippen molar-refractivity contribution in [3.8, 4) is 0 Å². The number of nitrogens with zero attached hydrogens (tertiary/aromatic N) is 2. The van der Waals surface area contributed by atoms with Gasteiger partial charge >= 0.3 is 5.97 Å². The van der Waals surface area contributed by atoms with Crippen molar-refractivity contribution in [1.29, 1.82) is 0 Å². The average Bonchev–Trinajstić information content (AvgIpc) is 2.95. The number of aliphatic imine (C=N–C) groups is 1. The van der Waals surface area contributed by atoms with Gasteiger partial charge in [0.15, 0.2) is 6.04 Å². The Bertz CT molecular complexity index is 653. The maximum absolute atomic E-state index is 11.8. The number of thioether (sulfide) groups is 1. The van der Waals surface area contributed by atoms with E-state index < -0.39 is 6.04 Å². The molecule has 0 saturated heterocycles. The minimum atomic E-state index is -0.471. The van der Waals surface area contributed by atoms with Gasteiger partial charge in [0.25, 0.3) is 0 Å². The van der Waals surface area contributed by atoms with Crippen LogP contribution < -0.4 is 0 Å². The third-order valence-electron chi connectivity index (χ3n) is 3.80. The van der Waals surface area contributed by atoms with Gasteiger partial charge < -0.3 is 9.84 Å². The third kappa shape index (κ3) is 2.43. The smallest absolute Gasteiger partial charge is 0.331 e. The molecule has 5 nitrogen and oxygen atoms in total. The number of aliphatic hydroxyl groups excluding tert-OH is 1. The van der Waals surface area contributed by atoms with Crippen LogP contribution in [-0.4, -0.2) is 46.1 Å². The van der Waals surface area contributed by atoms with E-state index in [9.17, 15) is 4.79 Å². The van der Waals surface area contributed by atoms with Crippen molar-refractivity contribution < 1.29 is 14.6 Å². The molecule has 7 heteroatoms. The maximum atomic E-state index is 11.8. The number of aliphatic hydroxyl groups is 1. The van der Waals surface area contributed by atoms with Crippen LogP contribution in [0.5, 0.6) is 0 Å². The molecule has 1 saturated carbocycles. The Kier molecular flexibility index (Phi) is 3.35. The number of esters is 1. The summed E-state index contributed by atoms with van der Waals surface area (Å²) in [6, 6.07) is -0.471. The quantitative estimate of drug-likeness (QED) is 0.854. The summed E-state index contributed by atoms with van der Waals surface area (Å²) in [6.45, 7) is -0.124. The van der Waals surface area contributed by atoms with Crippen molar-refractivity contribution in [3.05, 3.63) is 21.7 Å². The Morgan fingerprint density at radius 3 is 3.29 bits per heavy atom. The van der Waals surface area contributed by atoms with E-state index in [0.29, 0.717) is 17.6 Å². The number of allylic oxidation sites excluding steroid dienone is 1. The molecule has 1 N–H and O–H groups in total. The first-order valence-corrected chi connectivity index (χ1v) is 8.74. The van der Waals surface area contributed by atoms with Gasteiger partial charge in [-0.05, 0) is 18.4 Å². The van der Waals surface area contributed by atoms with Gasteiger partial charge in [-0.1, -0.05) is 6.08 Å². The number of aromatic nitrogens is 1. The maximum Gasteiger partial charge on any atom is 0.331 e. The van der Waals surface area contributed by atoms with Crippen LogP contribution in [0.1, 0.15) is 27.9 Å². The summed E-state index contributed by atoms with van der Waals surface area (Å²) in [7, 11) is 0. The first-order chi connectivity index (χ1) is 10.3. The second kappa shape index (κ2) is 5.23. The number of fused-ring (bicyclic) bond motifs is 3. The van der Waals surface area contributed by atoms with E-state index in [-0.39, 0.29) is 19.2 Å². The summed E-state index contributed by atoms with van der Waals surface area (Å²) < 4.78 is 4.93. The molecule has 110 valence electrons. The van der Waals surface area contributed by atoms with Crippen LogP contribution in [0.15, 0.2) is 11.1 Å². The number of hydrogen-bond acceptors (Lipinski definition) is 7. The summed E-state index contributed by atoms with van der Waals surface area (Å²) in [5.41, 5.74) is 1.07. The number of carbonyl (C=O) groups excluding carboxylic acids is 1. The molecule has 3 atom stereocenters. The zero-order chi connectivity index (χ0) is 14.4. The SMILES string of the molecule is O=C(OCCO)[C@H]1CSC(c2nc3c(s2)C2CC2C=C3)=N1. The molecule has 2 unspecified atom stereocenters. The third-order valence-corrected chi connectivity index (χ3v) is 6.19. The van der Waals surface area contributed by atoms with Gasteiger partial charge in [0.2, 0.25) is 0 Å². The fourth-order valence-corrected chi connectivity index (χ4v) is 4.95. The summed E-state index contributed by atoms with van der Waals surface area (Å²) in [4.78, 5) is 22.2. The lowest BCUT2D eigenvalue weighted by molar-refractivity contribution is -0.145. The lowest BCUT2D eigenvalue weighted by Gasteiger charge is -2.04. The Morgan fingerprint density at radius 1 is 1.52 bits per heavy atom. The number of carbonyl (C=O) groups is 1. The highest BCUT2D eigenvalue weighted by molar-refractivity contribution is 8.15. The number of rotatable bonds is 4. The first kappa shape index (κ1) is 13.5. The summed E-state index contributed by atoms with van der Waals surface area (Å²) in [5, 5.41) is 10.4. The highest BCUT2D eigenvalue weighted by Crippen LogP contribution is 2.54. The highest BCUT2D eigenvalue weighted by Gasteiger charge is 2.42. The molecule has 2 aliphatic carbocycles. The van der Waals surface area contributed by atoms with Crippen LogP contribution in [0.4, 0.5) is 0 Å². The molecule has 1 aliphatic heterocycles. The van der Waals surface area contributed by atoms with Crippen LogP contribution >= 0.6 is 23.1 Å². The van der Waals surface area contributed by atoms with E-state index in [4.69, 9.17) is 9.84 Å². The fourth-order valence-electron chi connectivity index (χ4n) is 2.62. The van der Waals surface area contributed by atoms with Gasteiger partial charge in [-0.25, -0.2) is 9.78 Å². The minimum Gasteiger partial charge on any atom is -0.462 e. The van der Waals surface area contributed by atoms with E-state index in [1.165, 1.54) is 11.3 Å². The fraction of sp³-hybridized carbons (Fsp3) is 0.500. The van der Waals surface area contributed by atoms with Crippen molar-refractivity contribution in [1.82, 2.24) is 4.98 Å². The van der Waals surface area contributed by atoms with Crippen LogP contribution in [0.25, 0.3) is 6.08 Å². The van der Waals surface area contributed by atoms with E-state index >= 15 is 0 Å². The van der Waals surface area contributed by atoms with Crippen molar-refractivity contribution >= 4 is 40.2 Å². The Morgan fingerprint density at radius 2 is 2.43 bits per heavy atom. The molecular weight excluding hydrogens is 308 g/mol. The Hall–Kier alpha value is -1.18. The lowest BCUT2D eigenvalue weighted by Crippen LogP contribution is -2.22. The summed E-state index contributed by atoms with van der Waals surface area (Å²) in [5.74, 6) is 1.60. The Labute approximate surface area is 130 Å². The van der Waals surface area contributed by atoms with Gasteiger partial charge in [0.1, 0.15) is 16.7 Å². The van der Waals surface area contributed by atoms with E-state index in [1.54, 1.807) is 23.1 Å². The monoisotopic (exact) mass is 322 g/mol. The normalized spacial score (nSPS) is 28.8.